The summed E-state index contributed by atoms with van der Waals surface area (Å²) in [7, 11) is 0. The van der Waals surface area contributed by atoms with E-state index in [1.54, 1.807) is 12.4 Å². The molecule has 6 nitrogen and oxygen atoms in total. The summed E-state index contributed by atoms with van der Waals surface area (Å²) >= 11 is 0. The number of carbonyl (C=O) groups is 2. The van der Waals surface area contributed by atoms with E-state index in [-0.39, 0.29) is 18.2 Å². The lowest BCUT2D eigenvalue weighted by atomic mass is 9.86. The van der Waals surface area contributed by atoms with Crippen molar-refractivity contribution in [2.24, 2.45) is 0 Å². The fraction of sp³-hybridized carbons (Fsp3) is 0.357. The van der Waals surface area contributed by atoms with Crippen molar-refractivity contribution in [2.75, 3.05) is 6.54 Å². The van der Waals surface area contributed by atoms with Crippen molar-refractivity contribution in [2.45, 2.75) is 57.4 Å². The molecular formula is C28H29N3O3. The van der Waals surface area contributed by atoms with Gasteiger partial charge in [0.1, 0.15) is 5.82 Å². The molecule has 1 aromatic heterocycles. The number of carboxylic acids is 1. The number of hydrogen-bond acceptors (Lipinski definition) is 4. The van der Waals surface area contributed by atoms with E-state index in [0.717, 1.165) is 66.6 Å². The van der Waals surface area contributed by atoms with E-state index >= 15 is 0 Å². The molecule has 174 valence electrons. The summed E-state index contributed by atoms with van der Waals surface area (Å²) in [5.74, 6) is -0.346. The fourth-order valence-corrected chi connectivity index (χ4v) is 5.03. The largest absolute Gasteiger partial charge is 0.481 e. The number of carboxylic acid groups (broad SMARTS) is 1. The summed E-state index contributed by atoms with van der Waals surface area (Å²) in [5.41, 5.74) is 6.00. The predicted octanol–water partition coefficient (Wildman–Crippen LogP) is 4.55. The zero-order chi connectivity index (χ0) is 23.5. The Kier molecular flexibility index (Phi) is 6.39. The zero-order valence-corrected chi connectivity index (χ0v) is 19.2. The number of rotatable bonds is 2. The molecular weight excluding hydrogens is 426 g/mol. The lowest BCUT2D eigenvalue weighted by Crippen LogP contribution is -2.36. The molecule has 5 aliphatic heterocycles. The highest BCUT2D eigenvalue weighted by atomic mass is 16.4. The Morgan fingerprint density at radius 1 is 0.912 bits per heavy atom. The Bertz CT molecular complexity index is 1190. The topological polar surface area (TPSA) is 83.4 Å². The molecule has 1 atom stereocenters. The van der Waals surface area contributed by atoms with Crippen LogP contribution in [0.3, 0.4) is 0 Å². The second kappa shape index (κ2) is 9.75. The Labute approximate surface area is 199 Å². The molecule has 6 heteroatoms. The number of amides is 1. The Morgan fingerprint density at radius 2 is 1.68 bits per heavy atom. The van der Waals surface area contributed by atoms with Gasteiger partial charge in [0.15, 0.2) is 0 Å². The van der Waals surface area contributed by atoms with Crippen LogP contribution >= 0.6 is 0 Å². The van der Waals surface area contributed by atoms with Crippen LogP contribution in [0.15, 0.2) is 54.9 Å². The molecule has 0 radical (unpaired) electrons. The van der Waals surface area contributed by atoms with Gasteiger partial charge in [0.25, 0.3) is 5.91 Å². The lowest BCUT2D eigenvalue weighted by Gasteiger charge is -2.30. The molecule has 0 fully saturated rings. The predicted molar refractivity (Wildman–Crippen MR) is 129 cm³/mol. The first-order chi connectivity index (χ1) is 16.6. The number of benzene rings is 2. The normalized spacial score (nSPS) is 18.3. The van der Waals surface area contributed by atoms with Gasteiger partial charge < -0.3 is 10.0 Å². The minimum absolute atomic E-state index is 0.0313. The number of aryl methyl sites for hydroxylation is 2. The Balaban J connectivity index is 1.51. The van der Waals surface area contributed by atoms with Gasteiger partial charge in [-0.3, -0.25) is 9.59 Å². The monoisotopic (exact) mass is 455 g/mol. The van der Waals surface area contributed by atoms with Gasteiger partial charge in [-0.1, -0.05) is 36.8 Å². The second-order valence-electron chi connectivity index (χ2n) is 9.35. The van der Waals surface area contributed by atoms with Crippen LogP contribution in [0.2, 0.25) is 0 Å². The van der Waals surface area contributed by atoms with Gasteiger partial charge in [0.05, 0.1) is 6.42 Å². The van der Waals surface area contributed by atoms with Crippen molar-refractivity contribution in [3.63, 3.8) is 0 Å². The first kappa shape index (κ1) is 22.3. The first-order valence-corrected chi connectivity index (χ1v) is 12.1. The Hall–Kier alpha value is -3.54. The van der Waals surface area contributed by atoms with Crippen LogP contribution in [0.25, 0.3) is 0 Å². The molecule has 34 heavy (non-hydrogen) atoms. The van der Waals surface area contributed by atoms with Crippen LogP contribution in [0.4, 0.5) is 0 Å². The number of carbonyl (C=O) groups excluding carboxylic acids is 1. The molecule has 7 bridgehead atoms. The van der Waals surface area contributed by atoms with Crippen molar-refractivity contribution in [1.29, 1.82) is 0 Å². The average Bonchev–Trinajstić information content (AvgIpc) is 2.86. The maximum atomic E-state index is 13.2. The van der Waals surface area contributed by atoms with Crippen molar-refractivity contribution >= 4 is 11.9 Å². The van der Waals surface area contributed by atoms with E-state index in [4.69, 9.17) is 0 Å². The molecule has 5 aliphatic rings. The van der Waals surface area contributed by atoms with E-state index in [2.05, 4.69) is 34.2 Å². The van der Waals surface area contributed by atoms with Gasteiger partial charge in [-0.05, 0) is 65.6 Å². The molecule has 0 aliphatic carbocycles. The SMILES string of the molecule is O=C(O)C[C@H]1c2cnc(nc2)CCCCCc2ccc(cc2)C(=O)N2CCc3ccc1cc3C2. The van der Waals surface area contributed by atoms with Crippen LogP contribution in [0.1, 0.15) is 75.6 Å². The Morgan fingerprint density at radius 3 is 2.44 bits per heavy atom. The van der Waals surface area contributed by atoms with Crippen molar-refractivity contribution in [3.05, 3.63) is 94.1 Å². The van der Waals surface area contributed by atoms with Crippen LogP contribution in [-0.2, 0) is 30.6 Å². The van der Waals surface area contributed by atoms with E-state index in [0.29, 0.717) is 13.1 Å². The van der Waals surface area contributed by atoms with Crippen molar-refractivity contribution in [3.8, 4) is 0 Å². The van der Waals surface area contributed by atoms with Crippen LogP contribution in [-0.4, -0.2) is 38.4 Å². The van der Waals surface area contributed by atoms with Gasteiger partial charge in [-0.2, -0.15) is 0 Å². The standard InChI is InChI=1S/C28H29N3O3/c32-27(33)15-25-22-11-10-20-12-13-31(18-23(20)14-22)28(34)21-8-6-19(7-9-21)4-2-1-3-5-26-29-16-24(25)17-30-26/h6-11,14,16-17,25H,1-5,12-13,15,18H2,(H,32,33)/t25-/m1/s1. The number of aliphatic carboxylic acids is 1. The minimum Gasteiger partial charge on any atom is -0.481 e. The molecule has 8 rings (SSSR count). The zero-order valence-electron chi connectivity index (χ0n) is 19.2. The third-order valence-electron chi connectivity index (χ3n) is 7.01. The summed E-state index contributed by atoms with van der Waals surface area (Å²) in [6.45, 7) is 1.21. The summed E-state index contributed by atoms with van der Waals surface area (Å²) in [6.07, 6.45) is 9.30. The highest BCUT2D eigenvalue weighted by molar-refractivity contribution is 5.94. The van der Waals surface area contributed by atoms with Gasteiger partial charge in [-0.15, -0.1) is 0 Å². The molecule has 0 saturated carbocycles. The molecule has 2 aromatic carbocycles. The third kappa shape index (κ3) is 4.86. The molecule has 0 unspecified atom stereocenters. The third-order valence-corrected chi connectivity index (χ3v) is 7.01. The lowest BCUT2D eigenvalue weighted by molar-refractivity contribution is -0.137. The summed E-state index contributed by atoms with van der Waals surface area (Å²) in [6, 6.07) is 14.2. The highest BCUT2D eigenvalue weighted by Crippen LogP contribution is 2.31. The molecule has 0 saturated heterocycles. The maximum Gasteiger partial charge on any atom is 0.304 e. The van der Waals surface area contributed by atoms with Crippen LogP contribution in [0, 0.1) is 0 Å². The van der Waals surface area contributed by atoms with Gasteiger partial charge in [0.2, 0.25) is 0 Å². The van der Waals surface area contributed by atoms with E-state index in [9.17, 15) is 14.7 Å². The number of nitrogens with zero attached hydrogens (tertiary/aromatic N) is 3. The number of hydrogen-bond donors (Lipinski definition) is 1. The molecule has 3 aromatic rings. The second-order valence-corrected chi connectivity index (χ2v) is 9.35. The van der Waals surface area contributed by atoms with E-state index in [1.165, 1.54) is 11.1 Å². The molecule has 6 heterocycles. The van der Waals surface area contributed by atoms with E-state index < -0.39 is 5.97 Å². The van der Waals surface area contributed by atoms with Gasteiger partial charge in [-0.25, -0.2) is 9.97 Å². The van der Waals surface area contributed by atoms with Crippen molar-refractivity contribution < 1.29 is 14.7 Å². The van der Waals surface area contributed by atoms with Gasteiger partial charge >= 0.3 is 5.97 Å². The summed E-state index contributed by atoms with van der Waals surface area (Å²) in [4.78, 5) is 35.9. The van der Waals surface area contributed by atoms with E-state index in [1.807, 2.05) is 23.1 Å². The molecule has 1 amide bonds. The summed E-state index contributed by atoms with van der Waals surface area (Å²) in [5, 5.41) is 9.59. The first-order valence-electron chi connectivity index (χ1n) is 12.1. The highest BCUT2D eigenvalue weighted by Gasteiger charge is 2.25. The molecule has 1 N–H and O–H groups in total. The molecule has 0 spiro atoms. The minimum atomic E-state index is -0.860. The van der Waals surface area contributed by atoms with Crippen molar-refractivity contribution in [1.82, 2.24) is 14.9 Å². The smallest absolute Gasteiger partial charge is 0.304 e. The maximum absolute atomic E-state index is 13.2. The average molecular weight is 456 g/mol. The van der Waals surface area contributed by atoms with Crippen LogP contribution < -0.4 is 0 Å². The summed E-state index contributed by atoms with van der Waals surface area (Å²) < 4.78 is 0. The van der Waals surface area contributed by atoms with Crippen LogP contribution in [0.5, 0.6) is 0 Å². The quantitative estimate of drug-likeness (QED) is 0.613. The fourth-order valence-electron chi connectivity index (χ4n) is 5.03. The number of aromatic nitrogens is 2. The van der Waals surface area contributed by atoms with Gasteiger partial charge in [0, 0.05) is 43.4 Å².